The second-order valence-corrected chi connectivity index (χ2v) is 6.17. The number of rotatable bonds is 8. The van der Waals surface area contributed by atoms with Crippen LogP contribution < -0.4 is 5.73 Å². The standard InChI is InChI=1S/C17H30N2O/c1-13(2)11-19(6-7-20-5)12-17(18)16-9-14(3)8-15(4)10-16/h8-10,13,17H,6-7,11-12,18H2,1-5H3. The highest BCUT2D eigenvalue weighted by molar-refractivity contribution is 5.30. The van der Waals surface area contributed by atoms with E-state index < -0.39 is 0 Å². The van der Waals surface area contributed by atoms with Crippen LogP contribution in [0.15, 0.2) is 18.2 Å². The van der Waals surface area contributed by atoms with E-state index in [0.717, 1.165) is 26.2 Å². The Morgan fingerprint density at radius 3 is 2.20 bits per heavy atom. The molecule has 0 aliphatic heterocycles. The zero-order chi connectivity index (χ0) is 15.1. The maximum atomic E-state index is 6.40. The third kappa shape index (κ3) is 6.04. The van der Waals surface area contributed by atoms with Gasteiger partial charge in [-0.05, 0) is 25.3 Å². The molecule has 3 heteroatoms. The molecular weight excluding hydrogens is 248 g/mol. The number of aryl methyl sites for hydroxylation is 2. The smallest absolute Gasteiger partial charge is 0.0589 e. The highest BCUT2D eigenvalue weighted by Gasteiger charge is 2.14. The fourth-order valence-corrected chi connectivity index (χ4v) is 2.60. The molecule has 0 bridgehead atoms. The van der Waals surface area contributed by atoms with Crippen molar-refractivity contribution >= 4 is 0 Å². The summed E-state index contributed by atoms with van der Waals surface area (Å²) < 4.78 is 5.20. The van der Waals surface area contributed by atoms with Crippen molar-refractivity contribution in [2.75, 3.05) is 33.4 Å². The Labute approximate surface area is 124 Å². The quantitative estimate of drug-likeness (QED) is 0.794. The molecule has 114 valence electrons. The lowest BCUT2D eigenvalue weighted by Gasteiger charge is -2.27. The monoisotopic (exact) mass is 278 g/mol. The van der Waals surface area contributed by atoms with E-state index in [-0.39, 0.29) is 6.04 Å². The van der Waals surface area contributed by atoms with Crippen LogP contribution in [0.5, 0.6) is 0 Å². The van der Waals surface area contributed by atoms with Crippen LogP contribution in [0.1, 0.15) is 36.6 Å². The van der Waals surface area contributed by atoms with Gasteiger partial charge in [0.1, 0.15) is 0 Å². The molecule has 0 aliphatic carbocycles. The number of ether oxygens (including phenoxy) is 1. The summed E-state index contributed by atoms with van der Waals surface area (Å²) in [6.07, 6.45) is 0. The third-order valence-corrected chi connectivity index (χ3v) is 3.36. The van der Waals surface area contributed by atoms with Crippen LogP contribution in [-0.2, 0) is 4.74 Å². The minimum absolute atomic E-state index is 0.0595. The minimum Gasteiger partial charge on any atom is -0.383 e. The Morgan fingerprint density at radius 2 is 1.70 bits per heavy atom. The first kappa shape index (κ1) is 17.2. The molecule has 1 rings (SSSR count). The van der Waals surface area contributed by atoms with Crippen LogP contribution in [0.2, 0.25) is 0 Å². The van der Waals surface area contributed by atoms with Gasteiger partial charge in [0.25, 0.3) is 0 Å². The van der Waals surface area contributed by atoms with Gasteiger partial charge in [-0.2, -0.15) is 0 Å². The van der Waals surface area contributed by atoms with Crippen molar-refractivity contribution < 1.29 is 4.74 Å². The van der Waals surface area contributed by atoms with Gasteiger partial charge in [-0.25, -0.2) is 0 Å². The maximum absolute atomic E-state index is 6.40. The van der Waals surface area contributed by atoms with Crippen LogP contribution in [-0.4, -0.2) is 38.3 Å². The van der Waals surface area contributed by atoms with E-state index in [9.17, 15) is 0 Å². The predicted molar refractivity (Wildman–Crippen MR) is 86.0 cm³/mol. The third-order valence-electron chi connectivity index (χ3n) is 3.36. The second-order valence-electron chi connectivity index (χ2n) is 6.17. The molecule has 3 nitrogen and oxygen atoms in total. The Kier molecular flexibility index (Phi) is 7.20. The van der Waals surface area contributed by atoms with Gasteiger partial charge in [-0.15, -0.1) is 0 Å². The van der Waals surface area contributed by atoms with E-state index in [2.05, 4.69) is 50.8 Å². The van der Waals surface area contributed by atoms with E-state index in [1.165, 1.54) is 16.7 Å². The summed E-state index contributed by atoms with van der Waals surface area (Å²) in [6, 6.07) is 6.64. The minimum atomic E-state index is 0.0595. The molecule has 0 heterocycles. The fourth-order valence-electron chi connectivity index (χ4n) is 2.60. The number of benzene rings is 1. The number of nitrogens with zero attached hydrogens (tertiary/aromatic N) is 1. The van der Waals surface area contributed by atoms with Crippen LogP contribution in [0.4, 0.5) is 0 Å². The van der Waals surface area contributed by atoms with Crippen molar-refractivity contribution in [1.29, 1.82) is 0 Å². The molecule has 0 amide bonds. The van der Waals surface area contributed by atoms with Gasteiger partial charge in [0.15, 0.2) is 0 Å². The SMILES string of the molecule is COCCN(CC(C)C)CC(N)c1cc(C)cc(C)c1. The average molecular weight is 278 g/mol. The van der Waals surface area contributed by atoms with E-state index in [1.807, 2.05) is 0 Å². The first-order chi connectivity index (χ1) is 9.42. The largest absolute Gasteiger partial charge is 0.383 e. The normalized spacial score (nSPS) is 13.2. The van der Waals surface area contributed by atoms with Crippen LogP contribution in [0.25, 0.3) is 0 Å². The zero-order valence-corrected chi connectivity index (χ0v) is 13.6. The Balaban J connectivity index is 2.70. The van der Waals surface area contributed by atoms with E-state index in [4.69, 9.17) is 10.5 Å². The van der Waals surface area contributed by atoms with Crippen molar-refractivity contribution in [3.05, 3.63) is 34.9 Å². The van der Waals surface area contributed by atoms with Crippen molar-refractivity contribution in [1.82, 2.24) is 4.90 Å². The van der Waals surface area contributed by atoms with Gasteiger partial charge in [-0.3, -0.25) is 4.90 Å². The fraction of sp³-hybridized carbons (Fsp3) is 0.647. The predicted octanol–water partition coefficient (Wildman–Crippen LogP) is 2.91. The Morgan fingerprint density at radius 1 is 1.10 bits per heavy atom. The van der Waals surface area contributed by atoms with Gasteiger partial charge in [0.05, 0.1) is 6.61 Å². The van der Waals surface area contributed by atoms with Crippen molar-refractivity contribution in [3.8, 4) is 0 Å². The molecule has 0 aromatic heterocycles. The highest BCUT2D eigenvalue weighted by Crippen LogP contribution is 2.16. The van der Waals surface area contributed by atoms with Gasteiger partial charge >= 0.3 is 0 Å². The summed E-state index contributed by atoms with van der Waals surface area (Å²) in [5, 5.41) is 0. The molecule has 0 fully saturated rings. The Bertz CT molecular complexity index is 384. The molecular formula is C17H30N2O. The van der Waals surface area contributed by atoms with Crippen LogP contribution in [0.3, 0.4) is 0 Å². The summed E-state index contributed by atoms with van der Waals surface area (Å²) >= 11 is 0. The van der Waals surface area contributed by atoms with Gasteiger partial charge in [0.2, 0.25) is 0 Å². The number of nitrogens with two attached hydrogens (primary N) is 1. The lowest BCUT2D eigenvalue weighted by Crippen LogP contribution is -2.37. The summed E-state index contributed by atoms with van der Waals surface area (Å²) in [5.41, 5.74) is 10.2. The van der Waals surface area contributed by atoms with E-state index in [0.29, 0.717) is 5.92 Å². The molecule has 1 aromatic rings. The average Bonchev–Trinajstić information content (AvgIpc) is 2.34. The second kappa shape index (κ2) is 8.40. The maximum Gasteiger partial charge on any atom is 0.0589 e. The number of methoxy groups -OCH3 is 1. The molecule has 1 unspecified atom stereocenters. The van der Waals surface area contributed by atoms with Crippen molar-refractivity contribution in [2.24, 2.45) is 11.7 Å². The summed E-state index contributed by atoms with van der Waals surface area (Å²) in [6.45, 7) is 12.4. The molecule has 0 saturated carbocycles. The first-order valence-electron chi connectivity index (χ1n) is 7.47. The van der Waals surface area contributed by atoms with Gasteiger partial charge in [-0.1, -0.05) is 43.2 Å². The Hall–Kier alpha value is -0.900. The molecule has 0 spiro atoms. The molecule has 0 radical (unpaired) electrons. The van der Waals surface area contributed by atoms with E-state index >= 15 is 0 Å². The molecule has 0 aliphatic rings. The lowest BCUT2D eigenvalue weighted by atomic mass is 10.0. The summed E-state index contributed by atoms with van der Waals surface area (Å²) in [4.78, 5) is 2.40. The number of hydrogen-bond donors (Lipinski definition) is 1. The lowest BCUT2D eigenvalue weighted by molar-refractivity contribution is 0.136. The molecule has 1 atom stereocenters. The van der Waals surface area contributed by atoms with Crippen LogP contribution >= 0.6 is 0 Å². The summed E-state index contributed by atoms with van der Waals surface area (Å²) in [5.74, 6) is 0.637. The topological polar surface area (TPSA) is 38.5 Å². The first-order valence-corrected chi connectivity index (χ1v) is 7.47. The van der Waals surface area contributed by atoms with Gasteiger partial charge < -0.3 is 10.5 Å². The zero-order valence-electron chi connectivity index (χ0n) is 13.6. The molecule has 20 heavy (non-hydrogen) atoms. The molecule has 1 aromatic carbocycles. The highest BCUT2D eigenvalue weighted by atomic mass is 16.5. The van der Waals surface area contributed by atoms with Crippen molar-refractivity contribution in [3.63, 3.8) is 0 Å². The number of hydrogen-bond acceptors (Lipinski definition) is 3. The van der Waals surface area contributed by atoms with Crippen LogP contribution in [0, 0.1) is 19.8 Å². The summed E-state index contributed by atoms with van der Waals surface area (Å²) in [7, 11) is 1.75. The molecule has 0 saturated heterocycles. The van der Waals surface area contributed by atoms with Gasteiger partial charge in [0, 0.05) is 32.8 Å². The van der Waals surface area contributed by atoms with E-state index in [1.54, 1.807) is 7.11 Å². The molecule has 2 N–H and O–H groups in total. The van der Waals surface area contributed by atoms with Crippen molar-refractivity contribution in [2.45, 2.75) is 33.7 Å².